The Bertz CT molecular complexity index is 1430. The van der Waals surface area contributed by atoms with Crippen molar-refractivity contribution >= 4 is 77.7 Å². The summed E-state index contributed by atoms with van der Waals surface area (Å²) >= 11 is 10.9. The van der Waals surface area contributed by atoms with Crippen molar-refractivity contribution in [1.29, 1.82) is 0 Å². The van der Waals surface area contributed by atoms with Crippen LogP contribution in [0.4, 0.5) is 0 Å². The van der Waals surface area contributed by atoms with E-state index in [1.807, 2.05) is 0 Å². The highest BCUT2D eigenvalue weighted by atomic mass is 32.2. The molecule has 1 N–H and O–H groups in total. The maximum Gasteiger partial charge on any atom is 0.268 e. The van der Waals surface area contributed by atoms with Crippen LogP contribution in [0.3, 0.4) is 0 Å². The Kier molecular flexibility index (Phi) is 14.9. The molecule has 3 unspecified atom stereocenters. The third-order valence-electron chi connectivity index (χ3n) is 13.6. The van der Waals surface area contributed by atoms with Crippen LogP contribution in [-0.4, -0.2) is 92.8 Å². The van der Waals surface area contributed by atoms with E-state index in [9.17, 15) is 29.8 Å². The van der Waals surface area contributed by atoms with Crippen LogP contribution in [0.5, 0.6) is 0 Å². The largest absolute Gasteiger partial charge is 0.285 e. The maximum absolute atomic E-state index is 13.5. The Labute approximate surface area is 328 Å². The second-order valence-corrected chi connectivity index (χ2v) is 29.3. The zero-order valence-electron chi connectivity index (χ0n) is 30.6. The fraction of sp³-hybridized carbons (Fsp3) is 1.00. The van der Waals surface area contributed by atoms with Gasteiger partial charge >= 0.3 is 0 Å². The summed E-state index contributed by atoms with van der Waals surface area (Å²) in [4.78, 5) is 0. The number of hydrogen-bond acceptors (Lipinski definition) is 10. The van der Waals surface area contributed by atoms with E-state index in [2.05, 4.69) is 54.8 Å². The van der Waals surface area contributed by atoms with E-state index in [1.54, 1.807) is 0 Å². The molecule has 6 fully saturated rings. The van der Waals surface area contributed by atoms with Gasteiger partial charge in [-0.15, -0.1) is 0 Å². The smallest absolute Gasteiger partial charge is 0.268 e. The number of thioether (sulfide) groups is 3. The molecule has 6 rings (SSSR count). The lowest BCUT2D eigenvalue weighted by molar-refractivity contribution is 0.377. The van der Waals surface area contributed by atoms with Crippen molar-refractivity contribution in [3.05, 3.63) is 0 Å². The molecule has 0 bridgehead atoms. The summed E-state index contributed by atoms with van der Waals surface area (Å²) in [6, 6.07) is 0. The standard InChI is InChI=1S/C37H64O7S7/c1-25-2-16-32(17-3-25)49(38,39)33-18-12-30(13-19-33)47-28-8-4-26(5-9-28)46-27-6-10-29(11-7-27)48-31-14-20-34(21-15-31)50(40,41)35-22-23-36(45)37(24-35)51(42,43)44/h25-37,45H,2-24H2,1H3,(H,42,43,44). The minimum atomic E-state index is -4.31. The predicted octanol–water partition coefficient (Wildman–Crippen LogP) is 8.95. The van der Waals surface area contributed by atoms with Gasteiger partial charge in [-0.3, -0.25) is 4.55 Å². The Morgan fingerprint density at radius 3 is 1.04 bits per heavy atom. The maximum atomic E-state index is 13.5. The van der Waals surface area contributed by atoms with Crippen molar-refractivity contribution in [2.75, 3.05) is 0 Å². The molecule has 0 aromatic rings. The van der Waals surface area contributed by atoms with Gasteiger partial charge in [0.15, 0.2) is 19.7 Å². The average Bonchev–Trinajstić information content (AvgIpc) is 3.10. The van der Waals surface area contributed by atoms with Crippen LogP contribution in [0.15, 0.2) is 0 Å². The van der Waals surface area contributed by atoms with Crippen molar-refractivity contribution < 1.29 is 29.8 Å². The molecule has 51 heavy (non-hydrogen) atoms. The van der Waals surface area contributed by atoms with Gasteiger partial charge in [-0.2, -0.15) is 56.3 Å². The number of hydrogen-bond donors (Lipinski definition) is 2. The van der Waals surface area contributed by atoms with Gasteiger partial charge < -0.3 is 0 Å². The summed E-state index contributed by atoms with van der Waals surface area (Å²) in [5, 5.41) is 1.24. The van der Waals surface area contributed by atoms with Gasteiger partial charge in [0.1, 0.15) is 0 Å². The molecule has 0 saturated heterocycles. The van der Waals surface area contributed by atoms with E-state index in [0.29, 0.717) is 47.4 Å². The molecule has 0 aliphatic heterocycles. The van der Waals surface area contributed by atoms with Crippen LogP contribution < -0.4 is 0 Å². The van der Waals surface area contributed by atoms with Gasteiger partial charge in [0, 0.05) is 36.7 Å². The predicted molar refractivity (Wildman–Crippen MR) is 222 cm³/mol. The van der Waals surface area contributed by atoms with E-state index in [-0.39, 0.29) is 16.9 Å². The lowest BCUT2D eigenvalue weighted by Gasteiger charge is -2.37. The van der Waals surface area contributed by atoms with Crippen molar-refractivity contribution in [1.82, 2.24) is 0 Å². The van der Waals surface area contributed by atoms with E-state index in [0.717, 1.165) is 80.0 Å². The molecule has 0 spiro atoms. The molecule has 0 aromatic carbocycles. The molecule has 0 heterocycles. The molecule has 296 valence electrons. The first-order valence-corrected chi connectivity index (χ1v) is 28.3. The van der Waals surface area contributed by atoms with Gasteiger partial charge in [-0.25, -0.2) is 16.8 Å². The Hall–Kier alpha value is 1.21. The normalized spacial score (nSPS) is 42.3. The molecular formula is C37H64O7S7. The van der Waals surface area contributed by atoms with Crippen LogP contribution >= 0.6 is 47.9 Å². The van der Waals surface area contributed by atoms with E-state index < -0.39 is 50.8 Å². The Balaban J connectivity index is 0.838. The summed E-state index contributed by atoms with van der Waals surface area (Å²) in [5.41, 5.74) is 0. The van der Waals surface area contributed by atoms with E-state index in [4.69, 9.17) is 0 Å². The van der Waals surface area contributed by atoms with Gasteiger partial charge in [0.05, 0.1) is 26.2 Å². The zero-order valence-corrected chi connectivity index (χ0v) is 36.4. The SMILES string of the molecule is CC1CCC(S(=O)(=O)C2CCC(SC3CCC(SC4CCC(SC5CCC(S(=O)(=O)C6CCC(S)C(S(=O)(=O)O)C6)CC5)CC4)CC3)CC2)CC1. The summed E-state index contributed by atoms with van der Waals surface area (Å²) in [6.45, 7) is 2.26. The van der Waals surface area contributed by atoms with Gasteiger partial charge in [-0.1, -0.05) is 6.92 Å². The van der Waals surface area contributed by atoms with E-state index in [1.165, 1.54) is 51.4 Å². The fourth-order valence-electron chi connectivity index (χ4n) is 10.2. The van der Waals surface area contributed by atoms with Crippen LogP contribution in [0, 0.1) is 5.92 Å². The Morgan fingerprint density at radius 2 is 0.706 bits per heavy atom. The molecular weight excluding hydrogens is 781 g/mol. The summed E-state index contributed by atoms with van der Waals surface area (Å²) in [6.07, 6.45) is 22.1. The molecule has 0 amide bonds. The monoisotopic (exact) mass is 844 g/mol. The molecule has 6 aliphatic carbocycles. The first-order chi connectivity index (χ1) is 24.2. The van der Waals surface area contributed by atoms with E-state index >= 15 is 0 Å². The first-order valence-electron chi connectivity index (χ1n) is 20.2. The lowest BCUT2D eigenvalue weighted by atomic mass is 9.91. The fourth-order valence-corrected chi connectivity index (χ4v) is 21.8. The highest BCUT2D eigenvalue weighted by Gasteiger charge is 2.45. The minimum Gasteiger partial charge on any atom is -0.285 e. The average molecular weight is 845 g/mol. The molecule has 7 nitrogen and oxygen atoms in total. The highest BCUT2D eigenvalue weighted by molar-refractivity contribution is 8.01. The second-order valence-electron chi connectivity index (χ2n) is 17.1. The third kappa shape index (κ3) is 11.0. The van der Waals surface area contributed by atoms with Crippen LogP contribution in [0.2, 0.25) is 0 Å². The van der Waals surface area contributed by atoms with Crippen molar-refractivity contribution in [3.8, 4) is 0 Å². The summed E-state index contributed by atoms with van der Waals surface area (Å²) in [5.74, 6) is 0.684. The summed E-state index contributed by atoms with van der Waals surface area (Å²) < 4.78 is 86.9. The lowest BCUT2D eigenvalue weighted by Crippen LogP contribution is -2.45. The van der Waals surface area contributed by atoms with Crippen LogP contribution in [0.25, 0.3) is 0 Å². The van der Waals surface area contributed by atoms with Crippen LogP contribution in [-0.2, 0) is 29.8 Å². The summed E-state index contributed by atoms with van der Waals surface area (Å²) in [7, 11) is -10.7. The van der Waals surface area contributed by atoms with Crippen molar-refractivity contribution in [3.63, 3.8) is 0 Å². The van der Waals surface area contributed by atoms with Crippen LogP contribution in [0.1, 0.15) is 155 Å². The van der Waals surface area contributed by atoms with Gasteiger partial charge in [0.25, 0.3) is 10.1 Å². The number of sulfone groups is 2. The highest BCUT2D eigenvalue weighted by Crippen LogP contribution is 2.46. The van der Waals surface area contributed by atoms with Crippen molar-refractivity contribution in [2.24, 2.45) is 5.92 Å². The minimum absolute atomic E-state index is 0.0395. The molecule has 0 aromatic heterocycles. The number of thiol groups is 1. The topological polar surface area (TPSA) is 123 Å². The first kappa shape index (κ1) is 41.8. The van der Waals surface area contributed by atoms with Crippen molar-refractivity contribution in [2.45, 2.75) is 218 Å². The van der Waals surface area contributed by atoms with Gasteiger partial charge in [0.2, 0.25) is 0 Å². The number of rotatable bonds is 11. The van der Waals surface area contributed by atoms with Gasteiger partial charge in [-0.05, 0) is 154 Å². The molecule has 3 atom stereocenters. The molecule has 14 heteroatoms. The molecule has 0 radical (unpaired) electrons. The molecule has 6 aliphatic rings. The quantitative estimate of drug-likeness (QED) is 0.154. The Morgan fingerprint density at radius 1 is 0.431 bits per heavy atom. The molecule has 6 saturated carbocycles. The third-order valence-corrected chi connectivity index (χ3v) is 26.4. The second kappa shape index (κ2) is 18.2. The zero-order chi connectivity index (χ0) is 36.4.